The highest BCUT2D eigenvalue weighted by Crippen LogP contribution is 2.21. The van der Waals surface area contributed by atoms with Gasteiger partial charge in [0.1, 0.15) is 0 Å². The third-order valence-electron chi connectivity index (χ3n) is 3.66. The monoisotopic (exact) mass is 235 g/mol. The van der Waals surface area contributed by atoms with Crippen LogP contribution in [0.4, 0.5) is 0 Å². The van der Waals surface area contributed by atoms with Gasteiger partial charge in [0, 0.05) is 18.2 Å². The molecule has 1 fully saturated rings. The molecule has 0 aliphatic carbocycles. The van der Waals surface area contributed by atoms with Crippen molar-refractivity contribution < 1.29 is 0 Å². The van der Waals surface area contributed by atoms with Gasteiger partial charge in [0.05, 0.1) is 12.0 Å². The lowest BCUT2D eigenvalue weighted by atomic mass is 9.93. The number of aryl methyl sites for hydroxylation is 1. The van der Waals surface area contributed by atoms with Gasteiger partial charge in [-0.1, -0.05) is 20.8 Å². The maximum Gasteiger partial charge on any atom is 0.0949 e. The Labute approximate surface area is 105 Å². The Hall–Kier alpha value is -0.830. The number of piperidine rings is 1. The Balaban J connectivity index is 1.84. The van der Waals surface area contributed by atoms with Gasteiger partial charge in [-0.2, -0.15) is 0 Å². The van der Waals surface area contributed by atoms with Crippen LogP contribution in [0.25, 0.3) is 0 Å². The van der Waals surface area contributed by atoms with Crippen molar-refractivity contribution in [1.82, 2.24) is 14.9 Å². The minimum absolute atomic E-state index is 0.167. The van der Waals surface area contributed by atoms with E-state index in [0.29, 0.717) is 0 Å². The predicted molar refractivity (Wildman–Crippen MR) is 71.1 cm³/mol. The van der Waals surface area contributed by atoms with E-state index in [1.807, 2.05) is 6.33 Å². The Kier molecular flexibility index (Phi) is 3.87. The second-order valence-electron chi connectivity index (χ2n) is 6.23. The number of nitrogens with zero attached hydrogens (tertiary/aromatic N) is 2. The summed E-state index contributed by atoms with van der Waals surface area (Å²) in [5, 5.41) is 3.42. The molecule has 17 heavy (non-hydrogen) atoms. The summed E-state index contributed by atoms with van der Waals surface area (Å²) in [7, 11) is 0. The maximum absolute atomic E-state index is 4.50. The molecular formula is C14H25N3. The standard InChI is InChI=1S/C14H25N3/c1-14(2,3)13-10-17(11-16-13)9-6-12-4-7-15-8-5-12/h10-12,15H,4-9H2,1-3H3. The second-order valence-corrected chi connectivity index (χ2v) is 6.23. The molecule has 1 aromatic rings. The van der Waals surface area contributed by atoms with E-state index in [2.05, 4.69) is 41.8 Å². The van der Waals surface area contributed by atoms with E-state index in [-0.39, 0.29) is 5.41 Å². The van der Waals surface area contributed by atoms with Crippen LogP contribution in [0.5, 0.6) is 0 Å². The molecule has 0 atom stereocenters. The smallest absolute Gasteiger partial charge is 0.0949 e. The van der Waals surface area contributed by atoms with Crippen molar-refractivity contribution in [2.24, 2.45) is 5.92 Å². The first-order valence-electron chi connectivity index (χ1n) is 6.78. The minimum Gasteiger partial charge on any atom is -0.337 e. The third kappa shape index (κ3) is 3.56. The van der Waals surface area contributed by atoms with Crippen LogP contribution >= 0.6 is 0 Å². The van der Waals surface area contributed by atoms with Gasteiger partial charge in [0.15, 0.2) is 0 Å². The molecule has 0 radical (unpaired) electrons. The van der Waals surface area contributed by atoms with Crippen LogP contribution in [0, 0.1) is 5.92 Å². The fraction of sp³-hybridized carbons (Fsp3) is 0.786. The molecule has 96 valence electrons. The first kappa shape index (κ1) is 12.6. The van der Waals surface area contributed by atoms with Gasteiger partial charge in [0.25, 0.3) is 0 Å². The molecule has 1 aromatic heterocycles. The van der Waals surface area contributed by atoms with E-state index >= 15 is 0 Å². The van der Waals surface area contributed by atoms with Crippen LogP contribution in [-0.2, 0) is 12.0 Å². The molecule has 2 rings (SSSR count). The zero-order valence-electron chi connectivity index (χ0n) is 11.4. The number of hydrogen-bond acceptors (Lipinski definition) is 2. The topological polar surface area (TPSA) is 29.9 Å². The molecule has 0 amide bonds. The van der Waals surface area contributed by atoms with Crippen LogP contribution in [0.15, 0.2) is 12.5 Å². The maximum atomic E-state index is 4.50. The van der Waals surface area contributed by atoms with Crippen LogP contribution in [-0.4, -0.2) is 22.6 Å². The lowest BCUT2D eigenvalue weighted by Crippen LogP contribution is -2.28. The number of hydrogen-bond donors (Lipinski definition) is 1. The largest absolute Gasteiger partial charge is 0.337 e. The minimum atomic E-state index is 0.167. The number of imidazole rings is 1. The summed E-state index contributed by atoms with van der Waals surface area (Å²) in [6.45, 7) is 10.2. The van der Waals surface area contributed by atoms with Crippen molar-refractivity contribution >= 4 is 0 Å². The van der Waals surface area contributed by atoms with Crippen molar-refractivity contribution in [3.8, 4) is 0 Å². The van der Waals surface area contributed by atoms with Crippen LogP contribution < -0.4 is 5.32 Å². The molecule has 1 N–H and O–H groups in total. The molecule has 0 aromatic carbocycles. The summed E-state index contributed by atoms with van der Waals surface area (Å²) >= 11 is 0. The molecule has 1 saturated heterocycles. The van der Waals surface area contributed by atoms with Gasteiger partial charge in [-0.25, -0.2) is 4.98 Å². The molecule has 3 nitrogen and oxygen atoms in total. The average molecular weight is 235 g/mol. The molecule has 1 aliphatic rings. The highest BCUT2D eigenvalue weighted by atomic mass is 15.0. The second kappa shape index (κ2) is 5.21. The molecule has 2 heterocycles. The highest BCUT2D eigenvalue weighted by molar-refractivity contribution is 5.08. The molecular weight excluding hydrogens is 210 g/mol. The lowest BCUT2D eigenvalue weighted by molar-refractivity contribution is 0.338. The van der Waals surface area contributed by atoms with E-state index in [9.17, 15) is 0 Å². The van der Waals surface area contributed by atoms with E-state index in [0.717, 1.165) is 12.5 Å². The molecule has 0 saturated carbocycles. The number of rotatable bonds is 3. The van der Waals surface area contributed by atoms with Gasteiger partial charge in [-0.15, -0.1) is 0 Å². The number of aromatic nitrogens is 2. The third-order valence-corrected chi connectivity index (χ3v) is 3.66. The van der Waals surface area contributed by atoms with Crippen LogP contribution in [0.2, 0.25) is 0 Å². The predicted octanol–water partition coefficient (Wildman–Crippen LogP) is 2.57. The summed E-state index contributed by atoms with van der Waals surface area (Å²) in [6, 6.07) is 0. The SMILES string of the molecule is CC(C)(C)c1cn(CCC2CCNCC2)cn1. The Morgan fingerprint density at radius 1 is 1.35 bits per heavy atom. The first-order chi connectivity index (χ1) is 8.05. The van der Waals surface area contributed by atoms with Gasteiger partial charge >= 0.3 is 0 Å². The zero-order valence-corrected chi connectivity index (χ0v) is 11.4. The molecule has 0 bridgehead atoms. The summed E-state index contributed by atoms with van der Waals surface area (Å²) in [5.41, 5.74) is 1.36. The van der Waals surface area contributed by atoms with Gasteiger partial charge < -0.3 is 9.88 Å². The highest BCUT2D eigenvalue weighted by Gasteiger charge is 2.17. The molecule has 0 unspecified atom stereocenters. The number of nitrogens with one attached hydrogen (secondary N) is 1. The van der Waals surface area contributed by atoms with Gasteiger partial charge in [-0.3, -0.25) is 0 Å². The van der Waals surface area contributed by atoms with E-state index in [1.54, 1.807) is 0 Å². The van der Waals surface area contributed by atoms with E-state index < -0.39 is 0 Å². The van der Waals surface area contributed by atoms with Crippen molar-refractivity contribution in [3.05, 3.63) is 18.2 Å². The Bertz CT molecular complexity index is 343. The van der Waals surface area contributed by atoms with Crippen molar-refractivity contribution in [2.75, 3.05) is 13.1 Å². The molecule has 1 aliphatic heterocycles. The first-order valence-corrected chi connectivity index (χ1v) is 6.78. The van der Waals surface area contributed by atoms with E-state index in [1.165, 1.54) is 38.0 Å². The van der Waals surface area contributed by atoms with Crippen molar-refractivity contribution in [1.29, 1.82) is 0 Å². The van der Waals surface area contributed by atoms with Gasteiger partial charge in [0.2, 0.25) is 0 Å². The summed E-state index contributed by atoms with van der Waals surface area (Å²) in [4.78, 5) is 4.50. The van der Waals surface area contributed by atoms with E-state index in [4.69, 9.17) is 0 Å². The Morgan fingerprint density at radius 2 is 2.06 bits per heavy atom. The van der Waals surface area contributed by atoms with Crippen LogP contribution in [0.3, 0.4) is 0 Å². The fourth-order valence-electron chi connectivity index (χ4n) is 2.37. The van der Waals surface area contributed by atoms with Crippen LogP contribution in [0.1, 0.15) is 45.7 Å². The lowest BCUT2D eigenvalue weighted by Gasteiger charge is -2.22. The summed E-state index contributed by atoms with van der Waals surface area (Å²) in [6.07, 6.45) is 8.16. The molecule has 0 spiro atoms. The van der Waals surface area contributed by atoms with Gasteiger partial charge in [-0.05, 0) is 38.3 Å². The summed E-state index contributed by atoms with van der Waals surface area (Å²) < 4.78 is 2.25. The van der Waals surface area contributed by atoms with Crippen molar-refractivity contribution in [2.45, 2.75) is 52.0 Å². The Morgan fingerprint density at radius 3 is 2.65 bits per heavy atom. The molecule has 3 heteroatoms. The summed E-state index contributed by atoms with van der Waals surface area (Å²) in [5.74, 6) is 0.900. The average Bonchev–Trinajstić information content (AvgIpc) is 2.76. The normalized spacial score (nSPS) is 18.5. The quantitative estimate of drug-likeness (QED) is 0.872. The zero-order chi connectivity index (χ0) is 12.3. The fourth-order valence-corrected chi connectivity index (χ4v) is 2.37. The van der Waals surface area contributed by atoms with Crippen molar-refractivity contribution in [3.63, 3.8) is 0 Å².